The van der Waals surface area contributed by atoms with E-state index in [-0.39, 0.29) is 10.8 Å². The standard InChI is InChI=1S/C50H49BFN2O3/c1-49(2,3)37-20-10-32(11-21-37)42-30-44(34-14-24-39(55-7)25-15-34)53-47(42)46(36-18-28-41(57-9)29-19-36)48-43(33-12-22-38(23-13-33)50(4,5)6)31-45(54(48)51(53)52)35-16-26-40(56-8)27-17-35/h10-31H,1-9H3/q+1. The molecule has 57 heavy (non-hydrogen) atoms. The third-order valence-electron chi connectivity index (χ3n) is 11.2. The number of benzene rings is 5. The lowest BCUT2D eigenvalue weighted by Crippen LogP contribution is -2.41. The molecule has 286 valence electrons. The van der Waals surface area contributed by atoms with Gasteiger partial charge in [-0.05, 0) is 111 Å². The van der Waals surface area contributed by atoms with Crippen LogP contribution in [0.5, 0.6) is 17.2 Å². The van der Waals surface area contributed by atoms with E-state index in [0.29, 0.717) is 0 Å². The third-order valence-corrected chi connectivity index (χ3v) is 11.2. The number of hydrogen-bond acceptors (Lipinski definition) is 3. The largest absolute Gasteiger partial charge is 0.847 e. The van der Waals surface area contributed by atoms with Crippen molar-refractivity contribution in [3.8, 4) is 39.6 Å². The monoisotopic (exact) mass is 755 g/mol. The van der Waals surface area contributed by atoms with E-state index in [4.69, 9.17) is 14.2 Å². The zero-order valence-electron chi connectivity index (χ0n) is 34.3. The number of aromatic nitrogens is 1. The summed E-state index contributed by atoms with van der Waals surface area (Å²) in [6.45, 7) is 13.3. The van der Waals surface area contributed by atoms with E-state index in [1.54, 1.807) is 21.3 Å². The summed E-state index contributed by atoms with van der Waals surface area (Å²) in [6, 6.07) is 43.5. The molecule has 5 aromatic carbocycles. The van der Waals surface area contributed by atoms with Crippen molar-refractivity contribution in [2.45, 2.75) is 52.4 Å². The summed E-state index contributed by atoms with van der Waals surface area (Å²) in [5.41, 5.74) is 13.1. The van der Waals surface area contributed by atoms with Gasteiger partial charge >= 0.3 is 7.26 Å². The van der Waals surface area contributed by atoms with E-state index in [2.05, 4.69) is 114 Å². The quantitative estimate of drug-likeness (QED) is 0.145. The zero-order valence-corrected chi connectivity index (χ0v) is 34.3. The third kappa shape index (κ3) is 6.79. The number of nitrogens with zero attached hydrogens (tertiary/aromatic N) is 2. The van der Waals surface area contributed by atoms with Crippen LogP contribution in [0.4, 0.5) is 4.32 Å². The lowest BCUT2D eigenvalue weighted by Gasteiger charge is -2.24. The summed E-state index contributed by atoms with van der Waals surface area (Å²) in [5, 5.41) is 0. The second-order valence-corrected chi connectivity index (χ2v) is 16.8. The van der Waals surface area contributed by atoms with Crippen LogP contribution in [0.25, 0.3) is 33.5 Å². The summed E-state index contributed by atoms with van der Waals surface area (Å²) >= 11 is 0. The van der Waals surface area contributed by atoms with Crippen LogP contribution < -0.4 is 14.2 Å². The first-order valence-corrected chi connectivity index (χ1v) is 19.5. The first-order chi connectivity index (χ1) is 27.3. The molecule has 0 aliphatic carbocycles. The molecular formula is C50H49BFN2O3+. The molecular weight excluding hydrogens is 706 g/mol. The fraction of sp³-hybridized carbons (Fsp3) is 0.220. The molecule has 0 saturated carbocycles. The molecule has 1 aromatic heterocycles. The lowest BCUT2D eigenvalue weighted by molar-refractivity contribution is -0.332. The maximum Gasteiger partial charge on any atom is 0.847 e. The predicted octanol–water partition coefficient (Wildman–Crippen LogP) is 11.6. The van der Waals surface area contributed by atoms with Gasteiger partial charge in [0, 0.05) is 22.9 Å². The van der Waals surface area contributed by atoms with Gasteiger partial charge in [-0.1, -0.05) is 102 Å². The van der Waals surface area contributed by atoms with Crippen LogP contribution in [-0.2, 0) is 10.8 Å². The Balaban J connectivity index is 1.49. The first-order valence-electron chi connectivity index (χ1n) is 19.5. The van der Waals surface area contributed by atoms with E-state index >= 15 is 4.32 Å². The smallest absolute Gasteiger partial charge is 0.497 e. The predicted molar refractivity (Wildman–Crippen MR) is 232 cm³/mol. The molecule has 0 unspecified atom stereocenters. The van der Waals surface area contributed by atoms with Crippen LogP contribution in [0.3, 0.4) is 0 Å². The average Bonchev–Trinajstić information content (AvgIpc) is 3.82. The minimum absolute atomic E-state index is 0.0203. The molecule has 7 heteroatoms. The topological polar surface area (TPSA) is 35.6 Å². The molecule has 2 aliphatic rings. The van der Waals surface area contributed by atoms with Crippen LogP contribution in [0, 0.1) is 0 Å². The number of ether oxygens (including phenoxy) is 3. The summed E-state index contributed by atoms with van der Waals surface area (Å²) in [7, 11) is 3.39. The van der Waals surface area contributed by atoms with E-state index in [0.717, 1.165) is 84.6 Å². The molecule has 0 saturated heterocycles. The molecule has 8 rings (SSSR count). The number of rotatable bonds is 8. The molecule has 0 radical (unpaired) electrons. The Morgan fingerprint density at radius 1 is 0.526 bits per heavy atom. The van der Waals surface area contributed by atoms with Gasteiger partial charge in [0.25, 0.3) is 0 Å². The normalized spacial score (nSPS) is 14.1. The number of methoxy groups -OCH3 is 3. The Kier molecular flexibility index (Phi) is 9.59. The molecule has 3 heterocycles. The van der Waals surface area contributed by atoms with Crippen LogP contribution in [0.1, 0.15) is 75.1 Å². The SMILES string of the molecule is COc1ccc(C2=C3C(c4ccc(C(C)(C)C)cc4)=CC(c4ccc(OC)cc4)=[N+]3B(F)n3c(-c4ccc(OC)cc4)cc(-c4ccc(C(C)(C)C)cc4)c32)cc1. The van der Waals surface area contributed by atoms with Crippen molar-refractivity contribution in [2.75, 3.05) is 21.3 Å². The van der Waals surface area contributed by atoms with Gasteiger partial charge in [-0.3, -0.25) is 4.48 Å². The van der Waals surface area contributed by atoms with E-state index in [1.165, 1.54) is 11.1 Å². The molecule has 0 fully saturated rings. The van der Waals surface area contributed by atoms with E-state index < -0.39 is 7.26 Å². The molecule has 0 spiro atoms. The van der Waals surface area contributed by atoms with Gasteiger partial charge in [-0.2, -0.15) is 0 Å². The maximum absolute atomic E-state index is 18.5. The van der Waals surface area contributed by atoms with Crippen LogP contribution in [-0.4, -0.2) is 43.3 Å². The number of hydrogen-bond donors (Lipinski definition) is 0. The minimum Gasteiger partial charge on any atom is -0.497 e. The Morgan fingerprint density at radius 2 is 0.947 bits per heavy atom. The van der Waals surface area contributed by atoms with Crippen LogP contribution in [0.15, 0.2) is 139 Å². The highest BCUT2D eigenvalue weighted by molar-refractivity contribution is 6.46. The van der Waals surface area contributed by atoms with Gasteiger partial charge in [0.2, 0.25) is 5.70 Å². The molecule has 0 N–H and O–H groups in total. The molecule has 5 nitrogen and oxygen atoms in total. The maximum atomic E-state index is 18.5. The van der Waals surface area contributed by atoms with Crippen molar-refractivity contribution in [1.29, 1.82) is 0 Å². The van der Waals surface area contributed by atoms with Gasteiger partial charge < -0.3 is 14.2 Å². The fourth-order valence-corrected chi connectivity index (χ4v) is 7.97. The van der Waals surface area contributed by atoms with Gasteiger partial charge in [0.15, 0.2) is 5.71 Å². The van der Waals surface area contributed by atoms with Crippen LogP contribution in [0.2, 0.25) is 0 Å². The first kappa shape index (κ1) is 37.8. The molecule has 0 amide bonds. The Morgan fingerprint density at radius 3 is 1.40 bits per heavy atom. The lowest BCUT2D eigenvalue weighted by atomic mass is 9.82. The van der Waals surface area contributed by atoms with Crippen molar-refractivity contribution >= 4 is 24.1 Å². The van der Waals surface area contributed by atoms with Crippen molar-refractivity contribution in [1.82, 2.24) is 4.48 Å². The average molecular weight is 756 g/mol. The van der Waals surface area contributed by atoms with Crippen LogP contribution >= 0.6 is 0 Å². The summed E-state index contributed by atoms with van der Waals surface area (Å²) < 4.78 is 39.0. The summed E-state index contributed by atoms with van der Waals surface area (Å²) in [5.74, 6) is 2.22. The van der Waals surface area contributed by atoms with Crippen molar-refractivity contribution < 1.29 is 23.0 Å². The summed E-state index contributed by atoms with van der Waals surface area (Å²) in [6.07, 6.45) is 2.15. The van der Waals surface area contributed by atoms with E-state index in [9.17, 15) is 0 Å². The van der Waals surface area contributed by atoms with Gasteiger partial charge in [-0.15, -0.1) is 0 Å². The second-order valence-electron chi connectivity index (χ2n) is 16.8. The molecule has 2 aliphatic heterocycles. The zero-order chi connectivity index (χ0) is 40.2. The van der Waals surface area contributed by atoms with Crippen molar-refractivity contribution in [3.05, 3.63) is 173 Å². The van der Waals surface area contributed by atoms with Crippen molar-refractivity contribution in [2.24, 2.45) is 0 Å². The highest BCUT2D eigenvalue weighted by atomic mass is 19.1. The van der Waals surface area contributed by atoms with Gasteiger partial charge in [0.05, 0.1) is 38.2 Å². The Hall–Kier alpha value is -6.08. The van der Waals surface area contributed by atoms with Gasteiger partial charge in [0.1, 0.15) is 17.2 Å². The molecule has 6 aromatic rings. The summed E-state index contributed by atoms with van der Waals surface area (Å²) in [4.78, 5) is 0. The Labute approximate surface area is 336 Å². The number of allylic oxidation sites excluding steroid dienone is 2. The number of halogens is 1. The number of fused-ring (bicyclic) bond motifs is 2. The van der Waals surface area contributed by atoms with E-state index in [1.807, 2.05) is 69.6 Å². The van der Waals surface area contributed by atoms with Crippen molar-refractivity contribution in [3.63, 3.8) is 0 Å². The molecule has 0 atom stereocenters. The second kappa shape index (κ2) is 14.5. The highest BCUT2D eigenvalue weighted by Crippen LogP contribution is 2.49. The van der Waals surface area contributed by atoms with Gasteiger partial charge in [-0.25, -0.2) is 8.80 Å². The fourth-order valence-electron chi connectivity index (χ4n) is 7.97. The Bertz CT molecular complexity index is 2550. The highest BCUT2D eigenvalue weighted by Gasteiger charge is 2.54. The molecule has 0 bridgehead atoms. The minimum atomic E-state index is -1.60.